The number of hydrogen-bond acceptors (Lipinski definition) is 6. The van der Waals surface area contributed by atoms with E-state index in [9.17, 15) is 33.0 Å². The number of aliphatic hydroxyl groups is 1. The highest BCUT2D eigenvalue weighted by Gasteiger charge is 2.36. The first-order chi connectivity index (χ1) is 16.3. The number of benzene rings is 2. The van der Waals surface area contributed by atoms with Crippen molar-refractivity contribution in [3.8, 4) is 28.4 Å². The van der Waals surface area contributed by atoms with Crippen LogP contribution in [-0.2, 0) is 18.2 Å². The van der Waals surface area contributed by atoms with E-state index >= 15 is 0 Å². The topological polar surface area (TPSA) is 107 Å². The molecule has 0 aliphatic heterocycles. The molecule has 35 heavy (non-hydrogen) atoms. The number of aliphatic hydroxyl groups excluding tert-OH is 1. The van der Waals surface area contributed by atoms with Crippen molar-refractivity contribution in [3.63, 3.8) is 0 Å². The third-order valence-electron chi connectivity index (χ3n) is 5.92. The summed E-state index contributed by atoms with van der Waals surface area (Å²) in [7, 11) is -1.23. The lowest BCUT2D eigenvalue weighted by Crippen LogP contribution is -2.19. The van der Waals surface area contributed by atoms with Gasteiger partial charge in [0.25, 0.3) is 5.69 Å². The number of imidazole rings is 1. The predicted octanol–water partition coefficient (Wildman–Crippen LogP) is 5.18. The summed E-state index contributed by atoms with van der Waals surface area (Å²) in [6.07, 6.45) is -3.33. The van der Waals surface area contributed by atoms with Gasteiger partial charge in [0.15, 0.2) is 0 Å². The van der Waals surface area contributed by atoms with E-state index in [-0.39, 0.29) is 33.9 Å². The Labute approximate surface area is 198 Å². The fourth-order valence-electron chi connectivity index (χ4n) is 4.15. The minimum absolute atomic E-state index is 0.0335. The number of hydrogen-bond donors (Lipinski definition) is 1. The largest absolute Gasteiger partial charge is 0.573 e. The molecule has 1 aliphatic rings. The van der Waals surface area contributed by atoms with E-state index in [1.807, 2.05) is 0 Å². The summed E-state index contributed by atoms with van der Waals surface area (Å²) in [4.78, 5) is 15.5. The molecule has 3 aromatic rings. The average Bonchev–Trinajstić information content (AvgIpc) is 3.54. The lowest BCUT2D eigenvalue weighted by atomic mass is 10.0. The zero-order valence-electron chi connectivity index (χ0n) is 19.2. The van der Waals surface area contributed by atoms with Crippen molar-refractivity contribution in [2.75, 3.05) is 13.3 Å². The first kappa shape index (κ1) is 24.9. The number of aromatic nitrogens is 2. The molecule has 1 heterocycles. The molecule has 8 nitrogen and oxygen atoms in total. The Balaban J connectivity index is 1.97. The standard InChI is InChI=1S/C23H23F3N3O5P/c1-28-21(13-7-8-13)20(15-5-4-6-18(29(31)32)17(15)12-30)27-22(28)16-10-9-14(35(2,3)33)11-19(16)34-23(24,25)26/h4-6,9-11,13,30H,7-8,12H2,1-3H3. The molecule has 1 N–H and O–H groups in total. The minimum atomic E-state index is -4.99. The number of alkyl halides is 3. The smallest absolute Gasteiger partial charge is 0.405 e. The molecule has 0 atom stereocenters. The second-order valence-corrected chi connectivity index (χ2v) is 12.0. The van der Waals surface area contributed by atoms with Gasteiger partial charge in [0.2, 0.25) is 0 Å². The van der Waals surface area contributed by atoms with Crippen LogP contribution in [0.3, 0.4) is 0 Å². The van der Waals surface area contributed by atoms with E-state index in [4.69, 9.17) is 0 Å². The Morgan fingerprint density at radius 1 is 1.23 bits per heavy atom. The maximum absolute atomic E-state index is 13.3. The van der Waals surface area contributed by atoms with Crippen LogP contribution in [0, 0.1) is 10.1 Å². The summed E-state index contributed by atoms with van der Waals surface area (Å²) >= 11 is 0. The van der Waals surface area contributed by atoms with E-state index in [2.05, 4.69) is 9.72 Å². The predicted molar refractivity (Wildman–Crippen MR) is 124 cm³/mol. The number of halogens is 3. The van der Waals surface area contributed by atoms with Crippen molar-refractivity contribution in [3.05, 3.63) is 57.8 Å². The monoisotopic (exact) mass is 509 g/mol. The molecule has 0 bridgehead atoms. The zero-order valence-corrected chi connectivity index (χ0v) is 20.1. The van der Waals surface area contributed by atoms with Crippen LogP contribution in [0.15, 0.2) is 36.4 Å². The van der Waals surface area contributed by atoms with Crippen molar-refractivity contribution in [2.45, 2.75) is 31.7 Å². The van der Waals surface area contributed by atoms with Crippen LogP contribution in [-0.4, -0.2) is 39.3 Å². The van der Waals surface area contributed by atoms with Crippen molar-refractivity contribution in [2.24, 2.45) is 7.05 Å². The molecule has 0 radical (unpaired) electrons. The molecule has 0 spiro atoms. The Morgan fingerprint density at radius 3 is 2.46 bits per heavy atom. The number of ether oxygens (including phenoxy) is 1. The van der Waals surface area contributed by atoms with Gasteiger partial charge in [-0.2, -0.15) is 0 Å². The fourth-order valence-corrected chi connectivity index (χ4v) is 5.01. The van der Waals surface area contributed by atoms with Crippen LogP contribution < -0.4 is 10.0 Å². The van der Waals surface area contributed by atoms with Crippen molar-refractivity contribution >= 4 is 18.1 Å². The van der Waals surface area contributed by atoms with Gasteiger partial charge in [-0.15, -0.1) is 13.2 Å². The summed E-state index contributed by atoms with van der Waals surface area (Å²) in [5.74, 6) is -0.313. The number of rotatable bonds is 7. The normalized spacial score (nSPS) is 14.3. The summed E-state index contributed by atoms with van der Waals surface area (Å²) < 4.78 is 58.3. The molecule has 1 fully saturated rings. The molecular formula is C23H23F3N3O5P. The van der Waals surface area contributed by atoms with Crippen LogP contribution in [0.5, 0.6) is 5.75 Å². The fraction of sp³-hybridized carbons (Fsp3) is 0.348. The molecule has 1 saturated carbocycles. The first-order valence-corrected chi connectivity index (χ1v) is 13.3. The van der Waals surface area contributed by atoms with E-state index in [0.29, 0.717) is 17.0 Å². The van der Waals surface area contributed by atoms with Gasteiger partial charge in [0, 0.05) is 35.6 Å². The summed E-state index contributed by atoms with van der Waals surface area (Å²) in [5, 5.41) is 21.6. The van der Waals surface area contributed by atoms with Gasteiger partial charge in [0.1, 0.15) is 18.7 Å². The van der Waals surface area contributed by atoms with Gasteiger partial charge >= 0.3 is 6.36 Å². The van der Waals surface area contributed by atoms with Crippen LogP contribution in [0.1, 0.15) is 30.0 Å². The SMILES string of the molecule is Cn1c(-c2ccc(P(C)(C)=O)cc2OC(F)(F)F)nc(-c2cccc([N+](=O)[O-])c2CO)c1C1CC1. The molecule has 1 aliphatic carbocycles. The maximum atomic E-state index is 13.3. The minimum Gasteiger partial charge on any atom is -0.405 e. The third kappa shape index (κ3) is 4.97. The maximum Gasteiger partial charge on any atom is 0.573 e. The van der Waals surface area contributed by atoms with Gasteiger partial charge < -0.3 is 19.0 Å². The van der Waals surface area contributed by atoms with Gasteiger partial charge in [-0.1, -0.05) is 18.2 Å². The number of nitro groups is 1. The van der Waals surface area contributed by atoms with Crippen molar-refractivity contribution < 1.29 is 32.5 Å². The highest BCUT2D eigenvalue weighted by atomic mass is 31.2. The average molecular weight is 509 g/mol. The highest BCUT2D eigenvalue weighted by molar-refractivity contribution is 7.70. The van der Waals surface area contributed by atoms with Crippen LogP contribution in [0.2, 0.25) is 0 Å². The summed E-state index contributed by atoms with van der Waals surface area (Å²) in [5.41, 5.74) is 1.23. The third-order valence-corrected chi connectivity index (χ3v) is 7.44. The van der Waals surface area contributed by atoms with Gasteiger partial charge in [-0.3, -0.25) is 10.1 Å². The number of nitrogens with zero attached hydrogens (tertiary/aromatic N) is 3. The summed E-state index contributed by atoms with van der Waals surface area (Å²) in [6, 6.07) is 8.33. The Bertz CT molecular complexity index is 1360. The van der Waals surface area contributed by atoms with Gasteiger partial charge in [-0.05, 0) is 38.3 Å². The lowest BCUT2D eigenvalue weighted by Gasteiger charge is -2.16. The molecular weight excluding hydrogens is 486 g/mol. The first-order valence-electron chi connectivity index (χ1n) is 10.7. The number of nitro benzene ring substituents is 1. The molecule has 0 amide bonds. The quantitative estimate of drug-likeness (QED) is 0.267. The van der Waals surface area contributed by atoms with Crippen LogP contribution >= 0.6 is 7.14 Å². The second kappa shape index (κ2) is 8.80. The van der Waals surface area contributed by atoms with Crippen molar-refractivity contribution in [1.29, 1.82) is 0 Å². The molecule has 0 unspecified atom stereocenters. The van der Waals surface area contributed by atoms with Crippen molar-refractivity contribution in [1.82, 2.24) is 9.55 Å². The Kier molecular flexibility index (Phi) is 6.27. The highest BCUT2D eigenvalue weighted by Crippen LogP contribution is 2.48. The summed E-state index contributed by atoms with van der Waals surface area (Å²) in [6.45, 7) is 2.28. The van der Waals surface area contributed by atoms with E-state index < -0.39 is 30.8 Å². The molecule has 0 saturated heterocycles. The van der Waals surface area contributed by atoms with Gasteiger partial charge in [-0.25, -0.2) is 4.98 Å². The molecule has 12 heteroatoms. The second-order valence-electron chi connectivity index (χ2n) is 8.80. The Morgan fingerprint density at radius 2 is 1.91 bits per heavy atom. The van der Waals surface area contributed by atoms with E-state index in [0.717, 1.165) is 18.9 Å². The lowest BCUT2D eigenvalue weighted by molar-refractivity contribution is -0.385. The van der Waals surface area contributed by atoms with Crippen LogP contribution in [0.4, 0.5) is 18.9 Å². The molecule has 186 valence electrons. The Hall–Kier alpha value is -3.17. The van der Waals surface area contributed by atoms with Crippen LogP contribution in [0.25, 0.3) is 22.6 Å². The van der Waals surface area contributed by atoms with Gasteiger partial charge in [0.05, 0.1) is 28.4 Å². The molecule has 4 rings (SSSR count). The van der Waals surface area contributed by atoms with E-state index in [1.165, 1.54) is 37.6 Å². The zero-order chi connectivity index (χ0) is 25.7. The molecule has 2 aromatic carbocycles. The van der Waals surface area contributed by atoms with E-state index in [1.54, 1.807) is 17.7 Å². The molecule has 1 aromatic heterocycles.